The number of rotatable bonds is 6. The van der Waals surface area contributed by atoms with Crippen LogP contribution in [0.3, 0.4) is 0 Å². The first-order valence-electron chi connectivity index (χ1n) is 7.61. The Morgan fingerprint density at radius 2 is 1.69 bits per heavy atom. The molecule has 0 radical (unpaired) electrons. The van der Waals surface area contributed by atoms with Gasteiger partial charge in [0, 0.05) is 12.6 Å². The van der Waals surface area contributed by atoms with Crippen LogP contribution in [0.4, 0.5) is 24.5 Å². The van der Waals surface area contributed by atoms with Gasteiger partial charge in [0.1, 0.15) is 13.2 Å². The third kappa shape index (κ3) is 5.51. The van der Waals surface area contributed by atoms with Crippen LogP contribution in [-0.2, 0) is 20.4 Å². The lowest BCUT2D eigenvalue weighted by Gasteiger charge is -2.13. The molecule has 8 heteroatoms. The SMILES string of the molecule is CC(=O)OCCOC(=O)c1ccccc1Nc1cccc(C(F)(F)F)c1. The van der Waals surface area contributed by atoms with Gasteiger partial charge in [-0.25, -0.2) is 4.79 Å². The van der Waals surface area contributed by atoms with E-state index in [0.717, 1.165) is 12.1 Å². The van der Waals surface area contributed by atoms with Crippen LogP contribution in [0.25, 0.3) is 0 Å². The summed E-state index contributed by atoms with van der Waals surface area (Å²) < 4.78 is 48.1. The zero-order chi connectivity index (χ0) is 19.2. The second kappa shape index (κ2) is 8.37. The average molecular weight is 367 g/mol. The maximum atomic E-state index is 12.8. The lowest BCUT2D eigenvalue weighted by molar-refractivity contribution is -0.142. The van der Waals surface area contributed by atoms with E-state index in [0.29, 0.717) is 5.69 Å². The molecule has 2 rings (SSSR count). The quantitative estimate of drug-likeness (QED) is 0.613. The van der Waals surface area contributed by atoms with Crippen LogP contribution in [0.5, 0.6) is 0 Å². The van der Waals surface area contributed by atoms with E-state index in [1.807, 2.05) is 0 Å². The van der Waals surface area contributed by atoms with Crippen LogP contribution >= 0.6 is 0 Å². The van der Waals surface area contributed by atoms with Crippen molar-refractivity contribution in [1.29, 1.82) is 0 Å². The summed E-state index contributed by atoms with van der Waals surface area (Å²) in [6.45, 7) is 1.02. The summed E-state index contributed by atoms with van der Waals surface area (Å²) in [5.74, 6) is -1.18. The Morgan fingerprint density at radius 3 is 2.38 bits per heavy atom. The molecule has 0 amide bonds. The molecule has 0 unspecified atom stereocenters. The summed E-state index contributed by atoms with van der Waals surface area (Å²) in [7, 11) is 0. The van der Waals surface area contributed by atoms with E-state index in [1.165, 1.54) is 25.1 Å². The van der Waals surface area contributed by atoms with E-state index in [2.05, 4.69) is 10.1 Å². The summed E-state index contributed by atoms with van der Waals surface area (Å²) in [6.07, 6.45) is -4.47. The van der Waals surface area contributed by atoms with Gasteiger partial charge in [0.2, 0.25) is 0 Å². The molecule has 0 saturated carbocycles. The van der Waals surface area contributed by atoms with Gasteiger partial charge in [-0.2, -0.15) is 13.2 Å². The molecule has 0 aliphatic rings. The Hall–Kier alpha value is -3.03. The van der Waals surface area contributed by atoms with Crippen molar-refractivity contribution in [3.05, 3.63) is 59.7 Å². The minimum atomic E-state index is -4.47. The number of hydrogen-bond acceptors (Lipinski definition) is 5. The molecule has 0 aliphatic heterocycles. The first-order valence-corrected chi connectivity index (χ1v) is 7.61. The fourth-order valence-corrected chi connectivity index (χ4v) is 2.10. The summed E-state index contributed by atoms with van der Waals surface area (Å²) >= 11 is 0. The molecular weight excluding hydrogens is 351 g/mol. The van der Waals surface area contributed by atoms with Gasteiger partial charge < -0.3 is 14.8 Å². The van der Waals surface area contributed by atoms with Gasteiger partial charge in [0.05, 0.1) is 16.8 Å². The highest BCUT2D eigenvalue weighted by atomic mass is 19.4. The minimum absolute atomic E-state index is 0.0791. The first-order chi connectivity index (χ1) is 12.3. The topological polar surface area (TPSA) is 64.6 Å². The van der Waals surface area contributed by atoms with Crippen LogP contribution in [0.2, 0.25) is 0 Å². The fourth-order valence-electron chi connectivity index (χ4n) is 2.10. The number of ether oxygens (including phenoxy) is 2. The molecule has 0 aliphatic carbocycles. The van der Waals surface area contributed by atoms with Gasteiger partial charge in [-0.05, 0) is 30.3 Å². The van der Waals surface area contributed by atoms with Gasteiger partial charge in [-0.3, -0.25) is 4.79 Å². The number of hydrogen-bond donors (Lipinski definition) is 1. The maximum Gasteiger partial charge on any atom is 0.416 e. The zero-order valence-electron chi connectivity index (χ0n) is 13.8. The molecule has 0 aromatic heterocycles. The predicted molar refractivity (Wildman–Crippen MR) is 88.1 cm³/mol. The molecule has 138 valence electrons. The second-order valence-electron chi connectivity index (χ2n) is 5.23. The van der Waals surface area contributed by atoms with Crippen LogP contribution in [0.15, 0.2) is 48.5 Å². The maximum absolute atomic E-state index is 12.8. The van der Waals surface area contributed by atoms with Crippen LogP contribution < -0.4 is 5.32 Å². The normalized spacial score (nSPS) is 10.9. The third-order valence-electron chi connectivity index (χ3n) is 3.24. The van der Waals surface area contributed by atoms with Crippen molar-refractivity contribution in [2.45, 2.75) is 13.1 Å². The molecule has 2 aromatic carbocycles. The van der Waals surface area contributed by atoms with Crippen LogP contribution in [-0.4, -0.2) is 25.2 Å². The average Bonchev–Trinajstić information content (AvgIpc) is 2.58. The van der Waals surface area contributed by atoms with Gasteiger partial charge >= 0.3 is 18.1 Å². The van der Waals surface area contributed by atoms with E-state index in [9.17, 15) is 22.8 Å². The van der Waals surface area contributed by atoms with Gasteiger partial charge in [0.15, 0.2) is 0 Å². The van der Waals surface area contributed by atoms with Crippen molar-refractivity contribution in [3.63, 3.8) is 0 Å². The smallest absolute Gasteiger partial charge is 0.416 e. The number of esters is 2. The third-order valence-corrected chi connectivity index (χ3v) is 3.24. The highest BCUT2D eigenvalue weighted by molar-refractivity contribution is 5.96. The monoisotopic (exact) mass is 367 g/mol. The molecule has 1 N–H and O–H groups in total. The fraction of sp³-hybridized carbons (Fsp3) is 0.222. The minimum Gasteiger partial charge on any atom is -0.462 e. The molecule has 2 aromatic rings. The summed E-state index contributed by atoms with van der Waals surface area (Å²) in [4.78, 5) is 22.8. The van der Waals surface area contributed by atoms with Gasteiger partial charge in [-0.15, -0.1) is 0 Å². The summed E-state index contributed by atoms with van der Waals surface area (Å²) in [6, 6.07) is 10.9. The highest BCUT2D eigenvalue weighted by Gasteiger charge is 2.30. The number of alkyl halides is 3. The standard InChI is InChI=1S/C18H16F3NO4/c1-12(23)25-9-10-26-17(24)15-7-2-3-8-16(15)22-14-6-4-5-13(11-14)18(19,20)21/h2-8,11,22H,9-10H2,1H3. The Bertz CT molecular complexity index is 790. The van der Waals surface area contributed by atoms with E-state index < -0.39 is 23.7 Å². The Balaban J connectivity index is 2.11. The molecule has 0 fully saturated rings. The molecule has 0 spiro atoms. The van der Waals surface area contributed by atoms with E-state index in [4.69, 9.17) is 4.74 Å². The first kappa shape index (κ1) is 19.3. The lowest BCUT2D eigenvalue weighted by Crippen LogP contribution is -2.13. The second-order valence-corrected chi connectivity index (χ2v) is 5.23. The van der Waals surface area contributed by atoms with Crippen molar-refractivity contribution in [2.24, 2.45) is 0 Å². The summed E-state index contributed by atoms with van der Waals surface area (Å²) in [5.41, 5.74) is -0.180. The van der Waals surface area contributed by atoms with E-state index in [-0.39, 0.29) is 24.5 Å². The molecule has 0 saturated heterocycles. The van der Waals surface area contributed by atoms with Gasteiger partial charge in [-0.1, -0.05) is 18.2 Å². The zero-order valence-corrected chi connectivity index (χ0v) is 13.8. The van der Waals surface area contributed by atoms with Gasteiger partial charge in [0.25, 0.3) is 0 Å². The number of benzene rings is 2. The molecule has 5 nitrogen and oxygen atoms in total. The van der Waals surface area contributed by atoms with Crippen molar-refractivity contribution < 1.29 is 32.2 Å². The number of anilines is 2. The molecular formula is C18H16F3NO4. The van der Waals surface area contributed by atoms with Crippen LogP contribution in [0, 0.1) is 0 Å². The van der Waals surface area contributed by atoms with E-state index >= 15 is 0 Å². The number of halogens is 3. The Labute approximate surface area is 147 Å². The summed E-state index contributed by atoms with van der Waals surface area (Å²) in [5, 5.41) is 2.79. The number of para-hydroxylation sites is 1. The molecule has 0 atom stereocenters. The number of carbonyl (C=O) groups is 2. The molecule has 26 heavy (non-hydrogen) atoms. The van der Waals surface area contributed by atoms with Crippen molar-refractivity contribution in [2.75, 3.05) is 18.5 Å². The largest absolute Gasteiger partial charge is 0.462 e. The van der Waals surface area contributed by atoms with E-state index in [1.54, 1.807) is 18.2 Å². The Kier molecular flexibility index (Phi) is 6.21. The lowest BCUT2D eigenvalue weighted by atomic mass is 10.1. The van der Waals surface area contributed by atoms with Crippen LogP contribution in [0.1, 0.15) is 22.8 Å². The highest BCUT2D eigenvalue weighted by Crippen LogP contribution is 2.31. The molecule has 0 heterocycles. The number of carbonyl (C=O) groups excluding carboxylic acids is 2. The van der Waals surface area contributed by atoms with Crippen molar-refractivity contribution >= 4 is 23.3 Å². The molecule has 0 bridgehead atoms. The van der Waals surface area contributed by atoms with Crippen molar-refractivity contribution in [1.82, 2.24) is 0 Å². The number of nitrogens with one attached hydrogen (secondary N) is 1. The van der Waals surface area contributed by atoms with Crippen molar-refractivity contribution in [3.8, 4) is 0 Å². The Morgan fingerprint density at radius 1 is 1.00 bits per heavy atom. The predicted octanol–water partition coefficient (Wildman–Crippen LogP) is 4.17.